The molecule has 1 aliphatic rings. The monoisotopic (exact) mass is 439 g/mol. The van der Waals surface area contributed by atoms with Crippen LogP contribution in [0.4, 0.5) is 5.69 Å². The molecule has 33 heavy (non-hydrogen) atoms. The second-order valence-corrected chi connectivity index (χ2v) is 8.57. The van der Waals surface area contributed by atoms with Crippen LogP contribution >= 0.6 is 0 Å². The zero-order valence-corrected chi connectivity index (χ0v) is 19.1. The number of aromatic nitrogens is 1. The van der Waals surface area contributed by atoms with Gasteiger partial charge in [0.2, 0.25) is 0 Å². The van der Waals surface area contributed by atoms with Gasteiger partial charge in [-0.1, -0.05) is 48.5 Å². The Labute approximate surface area is 194 Å². The number of rotatable bonds is 6. The minimum Gasteiger partial charge on any atom is -0.497 e. The van der Waals surface area contributed by atoms with Crippen LogP contribution in [0.15, 0.2) is 78.9 Å². The summed E-state index contributed by atoms with van der Waals surface area (Å²) in [5.74, 6) is 1.02. The number of methoxy groups -OCH3 is 1. The van der Waals surface area contributed by atoms with E-state index in [0.29, 0.717) is 0 Å². The highest BCUT2D eigenvalue weighted by Gasteiger charge is 2.33. The largest absolute Gasteiger partial charge is 0.497 e. The Morgan fingerprint density at radius 2 is 1.55 bits per heavy atom. The smallest absolute Gasteiger partial charge is 0.186 e. The zero-order chi connectivity index (χ0) is 22.8. The number of carbonyl (C=O) groups is 1. The number of carbonyl (C=O) groups excluding carboxylic acids is 1. The highest BCUT2D eigenvalue weighted by molar-refractivity contribution is 6.11. The van der Waals surface area contributed by atoms with Gasteiger partial charge in [0.25, 0.3) is 0 Å². The molecular formula is C28H29N3O2. The van der Waals surface area contributed by atoms with Gasteiger partial charge in [-0.2, -0.15) is 0 Å². The number of H-pyrrole nitrogens is 1. The molecule has 168 valence electrons. The number of ether oxygens (including phenoxy) is 1. The molecule has 0 saturated carbocycles. The van der Waals surface area contributed by atoms with Crippen LogP contribution in [0.25, 0.3) is 10.9 Å². The molecule has 5 nitrogen and oxygen atoms in total. The maximum Gasteiger partial charge on any atom is 0.186 e. The molecule has 1 fully saturated rings. The van der Waals surface area contributed by atoms with Crippen LogP contribution in [0.3, 0.4) is 0 Å². The van der Waals surface area contributed by atoms with E-state index in [4.69, 9.17) is 4.74 Å². The summed E-state index contributed by atoms with van der Waals surface area (Å²) < 4.78 is 5.29. The molecule has 5 heteroatoms. The summed E-state index contributed by atoms with van der Waals surface area (Å²) in [4.78, 5) is 22.2. The number of nitrogens with one attached hydrogen (secondary N) is 1. The van der Waals surface area contributed by atoms with E-state index < -0.39 is 0 Å². The Morgan fingerprint density at radius 3 is 2.24 bits per heavy atom. The van der Waals surface area contributed by atoms with Crippen molar-refractivity contribution in [3.8, 4) is 5.75 Å². The molecule has 1 atom stereocenters. The van der Waals surface area contributed by atoms with Gasteiger partial charge >= 0.3 is 0 Å². The SMILES string of the molecule is COc1ccc(N2CCN(C(C(=O)c3c(C)[nH]c4ccccc34)c3ccccc3)CC2)cc1. The Kier molecular flexibility index (Phi) is 5.88. The van der Waals surface area contributed by atoms with Crippen molar-refractivity contribution in [3.63, 3.8) is 0 Å². The van der Waals surface area contributed by atoms with Crippen molar-refractivity contribution < 1.29 is 9.53 Å². The van der Waals surface area contributed by atoms with Gasteiger partial charge in [0.15, 0.2) is 5.78 Å². The number of nitrogens with zero attached hydrogens (tertiary/aromatic N) is 2. The minimum absolute atomic E-state index is 0.161. The molecule has 1 aromatic heterocycles. The number of benzene rings is 3. The molecular weight excluding hydrogens is 410 g/mol. The molecule has 0 radical (unpaired) electrons. The van der Waals surface area contributed by atoms with Gasteiger partial charge in [0.1, 0.15) is 5.75 Å². The van der Waals surface area contributed by atoms with Crippen molar-refractivity contribution in [2.24, 2.45) is 0 Å². The lowest BCUT2D eigenvalue weighted by Gasteiger charge is -2.40. The molecule has 0 spiro atoms. The molecule has 0 amide bonds. The zero-order valence-electron chi connectivity index (χ0n) is 19.1. The third kappa shape index (κ3) is 4.12. The van der Waals surface area contributed by atoms with Gasteiger partial charge in [0, 0.05) is 54.0 Å². The number of ketones is 1. The maximum absolute atomic E-state index is 14.1. The summed E-state index contributed by atoms with van der Waals surface area (Å²) in [6, 6.07) is 26.1. The van der Waals surface area contributed by atoms with Crippen molar-refractivity contribution in [2.45, 2.75) is 13.0 Å². The second-order valence-electron chi connectivity index (χ2n) is 8.57. The first-order valence-corrected chi connectivity index (χ1v) is 11.4. The minimum atomic E-state index is -0.304. The molecule has 2 heterocycles. The molecule has 0 bridgehead atoms. The van der Waals surface area contributed by atoms with E-state index in [1.807, 2.05) is 61.5 Å². The number of hydrogen-bond acceptors (Lipinski definition) is 4. The second kappa shape index (κ2) is 9.12. The first-order valence-electron chi connectivity index (χ1n) is 11.4. The third-order valence-electron chi connectivity index (χ3n) is 6.62. The Morgan fingerprint density at radius 1 is 0.879 bits per heavy atom. The van der Waals surface area contributed by atoms with Crippen molar-refractivity contribution >= 4 is 22.4 Å². The average Bonchev–Trinajstić information content (AvgIpc) is 3.21. The first kappa shape index (κ1) is 21.3. The fourth-order valence-electron chi connectivity index (χ4n) is 4.93. The van der Waals surface area contributed by atoms with Crippen LogP contribution in [-0.2, 0) is 0 Å². The standard InChI is InChI=1S/C28H29N3O2/c1-20-26(24-10-6-7-11-25(24)29-20)28(32)27(21-8-4-3-5-9-21)31-18-16-30(17-19-31)22-12-14-23(33-2)15-13-22/h3-15,27,29H,16-19H2,1-2H3. The van der Waals surface area contributed by atoms with Crippen LogP contribution in [0.2, 0.25) is 0 Å². The lowest BCUT2D eigenvalue weighted by molar-refractivity contribution is 0.0807. The molecule has 1 unspecified atom stereocenters. The van der Waals surface area contributed by atoms with Crippen molar-refractivity contribution in [1.29, 1.82) is 0 Å². The van der Waals surface area contributed by atoms with E-state index in [0.717, 1.165) is 59.7 Å². The molecule has 0 aliphatic carbocycles. The van der Waals surface area contributed by atoms with Crippen LogP contribution in [-0.4, -0.2) is 49.0 Å². The summed E-state index contributed by atoms with van der Waals surface area (Å²) >= 11 is 0. The van der Waals surface area contributed by atoms with E-state index in [1.54, 1.807) is 7.11 Å². The third-order valence-corrected chi connectivity index (χ3v) is 6.62. The lowest BCUT2D eigenvalue weighted by atomic mass is 9.93. The normalized spacial score (nSPS) is 15.5. The summed E-state index contributed by atoms with van der Waals surface area (Å²) in [5.41, 5.74) is 4.97. The first-order chi connectivity index (χ1) is 16.2. The Balaban J connectivity index is 1.43. The predicted octanol–water partition coefficient (Wildman–Crippen LogP) is 5.23. The number of aryl methyl sites for hydroxylation is 1. The summed E-state index contributed by atoms with van der Waals surface area (Å²) in [5, 5.41) is 0.998. The molecule has 1 N–H and O–H groups in total. The van der Waals surface area contributed by atoms with E-state index >= 15 is 0 Å². The van der Waals surface area contributed by atoms with E-state index in [9.17, 15) is 4.79 Å². The predicted molar refractivity (Wildman–Crippen MR) is 133 cm³/mol. The van der Waals surface area contributed by atoms with Gasteiger partial charge < -0.3 is 14.6 Å². The molecule has 4 aromatic rings. The van der Waals surface area contributed by atoms with Crippen LogP contribution in [0.5, 0.6) is 5.75 Å². The number of para-hydroxylation sites is 1. The van der Waals surface area contributed by atoms with Gasteiger partial charge in [-0.05, 0) is 42.8 Å². The lowest BCUT2D eigenvalue weighted by Crippen LogP contribution is -2.49. The van der Waals surface area contributed by atoms with E-state index in [2.05, 4.69) is 39.0 Å². The number of fused-ring (bicyclic) bond motifs is 1. The fraction of sp³-hybridized carbons (Fsp3) is 0.250. The Bertz CT molecular complexity index is 1240. The fourth-order valence-corrected chi connectivity index (χ4v) is 4.93. The topological polar surface area (TPSA) is 48.6 Å². The van der Waals surface area contributed by atoms with Crippen LogP contribution in [0, 0.1) is 6.92 Å². The van der Waals surface area contributed by atoms with Crippen molar-refractivity contribution in [1.82, 2.24) is 9.88 Å². The van der Waals surface area contributed by atoms with Gasteiger partial charge in [-0.25, -0.2) is 0 Å². The molecule has 1 aliphatic heterocycles. The summed E-state index contributed by atoms with van der Waals surface area (Å²) in [6.07, 6.45) is 0. The summed E-state index contributed by atoms with van der Waals surface area (Å²) in [6.45, 7) is 5.37. The summed E-state index contributed by atoms with van der Waals surface area (Å²) in [7, 11) is 1.68. The average molecular weight is 440 g/mol. The highest BCUT2D eigenvalue weighted by Crippen LogP contribution is 2.32. The number of aromatic amines is 1. The van der Waals surface area contributed by atoms with E-state index in [-0.39, 0.29) is 11.8 Å². The highest BCUT2D eigenvalue weighted by atomic mass is 16.5. The Hall–Kier alpha value is -3.57. The van der Waals surface area contributed by atoms with Gasteiger partial charge in [-0.15, -0.1) is 0 Å². The van der Waals surface area contributed by atoms with Crippen molar-refractivity contribution in [2.75, 3.05) is 38.2 Å². The number of hydrogen-bond donors (Lipinski definition) is 1. The number of anilines is 1. The number of Topliss-reactive ketones (excluding diaryl/α,β-unsaturated/α-hetero) is 1. The van der Waals surface area contributed by atoms with Crippen LogP contribution in [0.1, 0.15) is 27.7 Å². The van der Waals surface area contributed by atoms with Gasteiger partial charge in [-0.3, -0.25) is 9.69 Å². The number of piperazine rings is 1. The maximum atomic E-state index is 14.1. The molecule has 3 aromatic carbocycles. The van der Waals surface area contributed by atoms with E-state index in [1.165, 1.54) is 5.69 Å². The van der Waals surface area contributed by atoms with Crippen LogP contribution < -0.4 is 9.64 Å². The molecule has 1 saturated heterocycles. The van der Waals surface area contributed by atoms with Gasteiger partial charge in [0.05, 0.1) is 13.2 Å². The quantitative estimate of drug-likeness (QED) is 0.418. The molecule has 5 rings (SSSR count). The van der Waals surface area contributed by atoms with Crippen molar-refractivity contribution in [3.05, 3.63) is 95.7 Å².